The van der Waals surface area contributed by atoms with Gasteiger partial charge in [-0.25, -0.2) is 15.0 Å². The number of anilines is 1. The Morgan fingerprint density at radius 3 is 2.80 bits per heavy atom. The van der Waals surface area contributed by atoms with E-state index >= 15 is 0 Å². The molecule has 10 heteroatoms. The van der Waals surface area contributed by atoms with Crippen LogP contribution in [0.5, 0.6) is 0 Å². The summed E-state index contributed by atoms with van der Waals surface area (Å²) in [5.74, 6) is 0.472. The molecule has 4 atom stereocenters. The topological polar surface area (TPSA) is 129 Å². The van der Waals surface area contributed by atoms with E-state index in [0.29, 0.717) is 29.8 Å². The van der Waals surface area contributed by atoms with Crippen LogP contribution in [0.1, 0.15) is 24.4 Å². The van der Waals surface area contributed by atoms with Gasteiger partial charge in [-0.1, -0.05) is 6.07 Å². The Balaban J connectivity index is 1.47. The highest BCUT2D eigenvalue weighted by molar-refractivity contribution is 5.83. The summed E-state index contributed by atoms with van der Waals surface area (Å²) in [6.45, 7) is 0. The fourth-order valence-electron chi connectivity index (χ4n) is 3.97. The molecule has 3 aromatic rings. The quantitative estimate of drug-likeness (QED) is 0.538. The van der Waals surface area contributed by atoms with Crippen molar-refractivity contribution in [1.29, 1.82) is 0 Å². The molecule has 0 bridgehead atoms. The SMILES string of the molecule is CN(C)c1ncnc2c1ncn2[C@@H]1CC[C@@H](NC(=O)Cc2cccnc2)[C@@H](O)[C@@H]1O. The number of imidazole rings is 1. The molecule has 1 amide bonds. The minimum Gasteiger partial charge on any atom is -0.388 e. The van der Waals surface area contributed by atoms with Crippen LogP contribution in [0.2, 0.25) is 0 Å². The Kier molecular flexibility index (Phi) is 5.60. The van der Waals surface area contributed by atoms with Crippen molar-refractivity contribution in [3.05, 3.63) is 42.7 Å². The van der Waals surface area contributed by atoms with Crippen molar-refractivity contribution in [2.45, 2.75) is 43.6 Å². The summed E-state index contributed by atoms with van der Waals surface area (Å²) >= 11 is 0. The first-order valence-electron chi connectivity index (χ1n) is 9.85. The lowest BCUT2D eigenvalue weighted by molar-refractivity contribution is -0.124. The third kappa shape index (κ3) is 3.83. The molecule has 3 N–H and O–H groups in total. The van der Waals surface area contributed by atoms with E-state index in [1.165, 1.54) is 6.33 Å². The maximum atomic E-state index is 12.4. The Hall–Kier alpha value is -3.11. The first kappa shape index (κ1) is 20.2. The molecule has 1 aliphatic carbocycles. The number of carbonyl (C=O) groups is 1. The number of aromatic nitrogens is 5. The summed E-state index contributed by atoms with van der Waals surface area (Å²) in [5.41, 5.74) is 2.03. The van der Waals surface area contributed by atoms with Crippen LogP contribution >= 0.6 is 0 Å². The molecule has 3 heterocycles. The molecule has 1 fully saturated rings. The largest absolute Gasteiger partial charge is 0.388 e. The summed E-state index contributed by atoms with van der Waals surface area (Å²) in [7, 11) is 3.75. The van der Waals surface area contributed by atoms with Crippen LogP contribution < -0.4 is 10.2 Å². The number of aliphatic hydroxyl groups excluding tert-OH is 2. The van der Waals surface area contributed by atoms with Gasteiger partial charge in [0.15, 0.2) is 17.0 Å². The molecule has 0 aliphatic heterocycles. The molecule has 10 nitrogen and oxygen atoms in total. The average molecular weight is 411 g/mol. The average Bonchev–Trinajstić information content (AvgIpc) is 3.16. The number of pyridine rings is 1. The fraction of sp³-hybridized carbons (Fsp3) is 0.450. The van der Waals surface area contributed by atoms with Gasteiger partial charge in [0.05, 0.1) is 24.8 Å². The zero-order valence-electron chi connectivity index (χ0n) is 16.9. The molecular weight excluding hydrogens is 386 g/mol. The molecular formula is C20H25N7O3. The smallest absolute Gasteiger partial charge is 0.224 e. The lowest BCUT2D eigenvalue weighted by atomic mass is 9.85. The van der Waals surface area contributed by atoms with E-state index in [1.54, 1.807) is 29.4 Å². The number of nitrogens with zero attached hydrogens (tertiary/aromatic N) is 6. The Labute approximate surface area is 173 Å². The monoisotopic (exact) mass is 411 g/mol. The number of amides is 1. The lowest BCUT2D eigenvalue weighted by Gasteiger charge is -2.38. The van der Waals surface area contributed by atoms with Crippen LogP contribution in [0.25, 0.3) is 11.2 Å². The molecule has 158 valence electrons. The molecule has 0 spiro atoms. The van der Waals surface area contributed by atoms with Gasteiger partial charge in [-0.15, -0.1) is 0 Å². The van der Waals surface area contributed by atoms with Gasteiger partial charge in [0.2, 0.25) is 5.91 Å². The second-order valence-corrected chi connectivity index (χ2v) is 7.75. The van der Waals surface area contributed by atoms with Crippen molar-refractivity contribution in [2.24, 2.45) is 0 Å². The number of carbonyl (C=O) groups excluding carboxylic acids is 1. The molecule has 0 unspecified atom stereocenters. The molecule has 30 heavy (non-hydrogen) atoms. The number of hydrogen-bond acceptors (Lipinski definition) is 8. The van der Waals surface area contributed by atoms with E-state index in [9.17, 15) is 15.0 Å². The van der Waals surface area contributed by atoms with E-state index in [1.807, 2.05) is 25.1 Å². The first-order valence-corrected chi connectivity index (χ1v) is 9.85. The maximum Gasteiger partial charge on any atom is 0.224 e. The van der Waals surface area contributed by atoms with Crippen LogP contribution in [0, 0.1) is 0 Å². The molecule has 3 aromatic heterocycles. The third-order valence-corrected chi connectivity index (χ3v) is 5.48. The van der Waals surface area contributed by atoms with Gasteiger partial charge in [-0.3, -0.25) is 9.78 Å². The number of aliphatic hydroxyl groups is 2. The van der Waals surface area contributed by atoms with Crippen molar-refractivity contribution in [3.8, 4) is 0 Å². The number of fused-ring (bicyclic) bond motifs is 1. The number of nitrogens with one attached hydrogen (secondary N) is 1. The predicted octanol–water partition coefficient (Wildman–Crippen LogP) is 0.0715. The minimum atomic E-state index is -1.10. The lowest BCUT2D eigenvalue weighted by Crippen LogP contribution is -2.54. The molecule has 0 radical (unpaired) electrons. The molecule has 1 saturated carbocycles. The van der Waals surface area contributed by atoms with Gasteiger partial charge in [-0.2, -0.15) is 0 Å². The number of hydrogen-bond donors (Lipinski definition) is 3. The standard InChI is InChI=1S/C20H25N7O3/c1-26(2)19-16-20(23-10-22-19)27(11-24-16)14-6-5-13(17(29)18(14)30)25-15(28)8-12-4-3-7-21-9-12/h3-4,7,9-11,13-14,17-18,29-30H,5-6,8H2,1-2H3,(H,25,28)/t13-,14-,17-,18-/m1/s1. The molecule has 0 aromatic carbocycles. The van der Waals surface area contributed by atoms with Gasteiger partial charge in [0, 0.05) is 26.5 Å². The fourth-order valence-corrected chi connectivity index (χ4v) is 3.97. The highest BCUT2D eigenvalue weighted by Crippen LogP contribution is 2.32. The van der Waals surface area contributed by atoms with Crippen LogP contribution in [-0.2, 0) is 11.2 Å². The van der Waals surface area contributed by atoms with Crippen molar-refractivity contribution < 1.29 is 15.0 Å². The van der Waals surface area contributed by atoms with Crippen molar-refractivity contribution in [1.82, 2.24) is 29.8 Å². The first-order chi connectivity index (χ1) is 14.5. The zero-order valence-corrected chi connectivity index (χ0v) is 16.9. The van der Waals surface area contributed by atoms with Crippen molar-refractivity contribution in [3.63, 3.8) is 0 Å². The molecule has 1 aliphatic rings. The van der Waals surface area contributed by atoms with Crippen LogP contribution in [0.15, 0.2) is 37.2 Å². The summed E-state index contributed by atoms with van der Waals surface area (Å²) in [4.78, 5) is 31.2. The highest BCUT2D eigenvalue weighted by Gasteiger charge is 2.39. The van der Waals surface area contributed by atoms with Gasteiger partial charge in [-0.05, 0) is 24.5 Å². The zero-order chi connectivity index (χ0) is 21.3. The second-order valence-electron chi connectivity index (χ2n) is 7.75. The van der Waals surface area contributed by atoms with Crippen LogP contribution in [0.4, 0.5) is 5.82 Å². The Morgan fingerprint density at radius 1 is 1.23 bits per heavy atom. The summed E-state index contributed by atoms with van der Waals surface area (Å²) < 4.78 is 1.78. The van der Waals surface area contributed by atoms with Crippen molar-refractivity contribution >= 4 is 22.9 Å². The van der Waals surface area contributed by atoms with Gasteiger partial charge < -0.3 is 25.0 Å². The van der Waals surface area contributed by atoms with Gasteiger partial charge >= 0.3 is 0 Å². The predicted molar refractivity (Wildman–Crippen MR) is 110 cm³/mol. The van der Waals surface area contributed by atoms with E-state index in [4.69, 9.17) is 0 Å². The summed E-state index contributed by atoms with van der Waals surface area (Å²) in [6, 6.07) is 2.67. The van der Waals surface area contributed by atoms with Crippen molar-refractivity contribution in [2.75, 3.05) is 19.0 Å². The Bertz CT molecular complexity index is 1020. The second kappa shape index (κ2) is 8.33. The maximum absolute atomic E-state index is 12.4. The highest BCUT2D eigenvalue weighted by atomic mass is 16.3. The van der Waals surface area contributed by atoms with Gasteiger partial charge in [0.25, 0.3) is 0 Å². The summed E-state index contributed by atoms with van der Waals surface area (Å²) in [6.07, 6.45) is 5.44. The van der Waals surface area contributed by atoms with Crippen LogP contribution in [0.3, 0.4) is 0 Å². The Morgan fingerprint density at radius 2 is 2.07 bits per heavy atom. The van der Waals surface area contributed by atoms with Crippen LogP contribution in [-0.4, -0.2) is 73.0 Å². The van der Waals surface area contributed by atoms with E-state index in [0.717, 1.165) is 5.56 Å². The third-order valence-electron chi connectivity index (χ3n) is 5.48. The van der Waals surface area contributed by atoms with E-state index in [-0.39, 0.29) is 12.3 Å². The summed E-state index contributed by atoms with van der Waals surface area (Å²) in [5, 5.41) is 24.3. The molecule has 0 saturated heterocycles. The minimum absolute atomic E-state index is 0.174. The normalized spacial score (nSPS) is 24.0. The number of rotatable bonds is 5. The van der Waals surface area contributed by atoms with Gasteiger partial charge in [0.1, 0.15) is 18.5 Å². The molecule has 4 rings (SSSR count). The van der Waals surface area contributed by atoms with E-state index < -0.39 is 24.3 Å². The van der Waals surface area contributed by atoms with E-state index in [2.05, 4.69) is 25.3 Å².